The number of carbonyl (C=O) groups excluding carboxylic acids is 4. The van der Waals surface area contributed by atoms with E-state index >= 15 is 0 Å². The smallest absolute Gasteiger partial charge is 0.344 e. The molecule has 12 nitrogen and oxygen atoms in total. The van der Waals surface area contributed by atoms with Gasteiger partial charge in [0.1, 0.15) is 18.8 Å². The van der Waals surface area contributed by atoms with Gasteiger partial charge < -0.3 is 32.7 Å². The fraction of sp³-hybridized carbons (Fsp3) is 0.312. The maximum absolute atomic E-state index is 13.4. The molecular weight excluding hydrogens is 607 g/mol. The van der Waals surface area contributed by atoms with E-state index in [-0.39, 0.29) is 16.7 Å². The molecule has 1 aliphatic rings. The Bertz CT molecular complexity index is 1490. The molecule has 0 radical (unpaired) electrons. The number of ether oxygens (including phenoxy) is 5. The molecule has 0 spiro atoms. The van der Waals surface area contributed by atoms with Crippen LogP contribution in [0.25, 0.3) is 0 Å². The van der Waals surface area contributed by atoms with Crippen LogP contribution in [0.15, 0.2) is 91.0 Å². The van der Waals surface area contributed by atoms with E-state index in [0.29, 0.717) is 0 Å². The first-order valence-corrected chi connectivity index (χ1v) is 15.5. The highest BCUT2D eigenvalue weighted by Crippen LogP contribution is 2.54. The van der Waals surface area contributed by atoms with Gasteiger partial charge in [0.05, 0.1) is 23.8 Å². The van der Waals surface area contributed by atoms with Crippen LogP contribution in [0, 0.1) is 0 Å². The summed E-state index contributed by atoms with van der Waals surface area (Å²) >= 11 is 0. The zero-order valence-corrected chi connectivity index (χ0v) is 25.7. The Morgan fingerprint density at radius 3 is 1.51 bits per heavy atom. The molecule has 3 aromatic rings. The van der Waals surface area contributed by atoms with Gasteiger partial charge in [-0.15, -0.1) is 0 Å². The van der Waals surface area contributed by atoms with Gasteiger partial charge in [0.2, 0.25) is 0 Å². The van der Waals surface area contributed by atoms with Gasteiger partial charge in [0, 0.05) is 20.6 Å². The van der Waals surface area contributed by atoms with E-state index in [9.17, 15) is 23.7 Å². The molecule has 0 amide bonds. The number of benzene rings is 3. The fourth-order valence-corrected chi connectivity index (χ4v) is 6.29. The standard InChI is InChI=1S/C32H33O12P/c1-38-32(36)26(45(37,39-2)40-3)19-24-27(43-30(34)22-15-9-5-10-16-22)28(44-31(35)23-17-11-6-12-18-23)25(42-24)20-41-29(33)21-13-7-4-8-14-21/h4-18,24-28H,19-20H2,1-3H3/t24-,25-,26?,27-,28-/m1/s1. The van der Waals surface area contributed by atoms with Crippen LogP contribution in [-0.4, -0.2) is 81.9 Å². The summed E-state index contributed by atoms with van der Waals surface area (Å²) in [6.07, 6.45) is -5.50. The molecule has 4 rings (SSSR count). The van der Waals surface area contributed by atoms with Crippen molar-refractivity contribution in [2.75, 3.05) is 27.9 Å². The van der Waals surface area contributed by atoms with Gasteiger partial charge in [-0.3, -0.25) is 9.36 Å². The van der Waals surface area contributed by atoms with Gasteiger partial charge in [-0.05, 0) is 36.4 Å². The lowest BCUT2D eigenvalue weighted by Gasteiger charge is -2.27. The Hall–Kier alpha value is -4.35. The normalized spacial score (nSPS) is 20.1. The maximum atomic E-state index is 13.4. The fourth-order valence-electron chi connectivity index (χ4n) is 4.80. The zero-order chi connectivity index (χ0) is 32.4. The van der Waals surface area contributed by atoms with Crippen molar-refractivity contribution in [1.29, 1.82) is 0 Å². The van der Waals surface area contributed by atoms with Crippen LogP contribution in [0.2, 0.25) is 0 Å². The highest BCUT2D eigenvalue weighted by atomic mass is 31.2. The molecule has 0 aliphatic carbocycles. The molecule has 1 fully saturated rings. The third-order valence-electron chi connectivity index (χ3n) is 7.12. The molecule has 1 aliphatic heterocycles. The van der Waals surface area contributed by atoms with Gasteiger partial charge in [-0.25, -0.2) is 14.4 Å². The second-order valence-electron chi connectivity index (χ2n) is 9.83. The van der Waals surface area contributed by atoms with Crippen LogP contribution >= 0.6 is 7.60 Å². The Labute approximate surface area is 260 Å². The number of esters is 4. The number of hydrogen-bond acceptors (Lipinski definition) is 12. The van der Waals surface area contributed by atoms with Gasteiger partial charge in [-0.1, -0.05) is 54.6 Å². The van der Waals surface area contributed by atoms with Crippen LogP contribution in [-0.2, 0) is 42.1 Å². The number of hydrogen-bond donors (Lipinski definition) is 0. The van der Waals surface area contributed by atoms with E-state index in [1.54, 1.807) is 66.7 Å². The summed E-state index contributed by atoms with van der Waals surface area (Å²) in [5.41, 5.74) is -0.863. The molecule has 13 heteroatoms. The summed E-state index contributed by atoms with van der Waals surface area (Å²) in [6, 6.07) is 24.3. The van der Waals surface area contributed by atoms with Crippen molar-refractivity contribution < 1.29 is 56.5 Å². The van der Waals surface area contributed by atoms with Gasteiger partial charge in [0.15, 0.2) is 17.9 Å². The monoisotopic (exact) mass is 640 g/mol. The van der Waals surface area contributed by atoms with E-state index in [2.05, 4.69) is 0 Å². The van der Waals surface area contributed by atoms with E-state index < -0.39 is 74.6 Å². The van der Waals surface area contributed by atoms with Crippen molar-refractivity contribution in [1.82, 2.24) is 0 Å². The summed E-state index contributed by atoms with van der Waals surface area (Å²) in [4.78, 5) is 52.2. The third kappa shape index (κ3) is 8.23. The highest BCUT2D eigenvalue weighted by Gasteiger charge is 2.54. The van der Waals surface area contributed by atoms with Gasteiger partial charge in [-0.2, -0.15) is 0 Å². The lowest BCUT2D eigenvalue weighted by molar-refractivity contribution is -0.141. The number of carbonyl (C=O) groups is 4. The maximum Gasteiger partial charge on any atom is 0.344 e. The second-order valence-corrected chi connectivity index (χ2v) is 12.3. The van der Waals surface area contributed by atoms with Crippen molar-refractivity contribution >= 4 is 31.5 Å². The molecule has 1 heterocycles. The molecule has 238 valence electrons. The summed E-state index contributed by atoms with van der Waals surface area (Å²) in [6.45, 7) is -0.425. The average Bonchev–Trinajstić information content (AvgIpc) is 3.40. The molecule has 1 unspecified atom stereocenters. The number of methoxy groups -OCH3 is 1. The molecule has 1 saturated heterocycles. The van der Waals surface area contributed by atoms with Crippen LogP contribution < -0.4 is 0 Å². The lowest BCUT2D eigenvalue weighted by atomic mass is 10.0. The van der Waals surface area contributed by atoms with Crippen LogP contribution in [0.4, 0.5) is 0 Å². The van der Waals surface area contributed by atoms with Gasteiger partial charge >= 0.3 is 31.5 Å². The summed E-state index contributed by atoms with van der Waals surface area (Å²) < 4.78 is 51.9. The minimum absolute atomic E-state index is 0.187. The average molecular weight is 641 g/mol. The summed E-state index contributed by atoms with van der Waals surface area (Å²) in [7, 11) is -0.788. The Morgan fingerprint density at radius 2 is 1.09 bits per heavy atom. The van der Waals surface area contributed by atoms with Crippen LogP contribution in [0.1, 0.15) is 37.5 Å². The van der Waals surface area contributed by atoms with E-state index in [4.69, 9.17) is 32.7 Å². The van der Waals surface area contributed by atoms with Crippen molar-refractivity contribution in [2.24, 2.45) is 0 Å². The largest absolute Gasteiger partial charge is 0.468 e. The van der Waals surface area contributed by atoms with E-state index in [1.807, 2.05) is 0 Å². The predicted octanol–water partition coefficient (Wildman–Crippen LogP) is 4.48. The Morgan fingerprint density at radius 1 is 0.667 bits per heavy atom. The summed E-state index contributed by atoms with van der Waals surface area (Å²) in [5.74, 6) is -3.16. The number of rotatable bonds is 13. The molecule has 45 heavy (non-hydrogen) atoms. The molecular formula is C32H33O12P. The van der Waals surface area contributed by atoms with Gasteiger partial charge in [0.25, 0.3) is 0 Å². The highest BCUT2D eigenvalue weighted by molar-refractivity contribution is 7.55. The zero-order valence-electron chi connectivity index (χ0n) is 24.8. The van der Waals surface area contributed by atoms with Crippen molar-refractivity contribution in [3.8, 4) is 0 Å². The first-order valence-electron chi connectivity index (χ1n) is 13.9. The lowest BCUT2D eigenvalue weighted by Crippen LogP contribution is -2.43. The quantitative estimate of drug-likeness (QED) is 0.147. The Balaban J connectivity index is 1.71. The topological polar surface area (TPSA) is 150 Å². The Kier molecular flexibility index (Phi) is 11.6. The summed E-state index contributed by atoms with van der Waals surface area (Å²) in [5, 5.41) is 0. The van der Waals surface area contributed by atoms with Crippen molar-refractivity contribution in [3.63, 3.8) is 0 Å². The molecule has 0 saturated carbocycles. The van der Waals surface area contributed by atoms with Crippen LogP contribution in [0.3, 0.4) is 0 Å². The van der Waals surface area contributed by atoms with Crippen molar-refractivity contribution in [2.45, 2.75) is 36.5 Å². The molecule has 5 atom stereocenters. The third-order valence-corrected chi connectivity index (χ3v) is 9.32. The molecule has 3 aromatic carbocycles. The molecule has 0 N–H and O–H groups in total. The first-order chi connectivity index (χ1) is 21.7. The van der Waals surface area contributed by atoms with Crippen LogP contribution in [0.5, 0.6) is 0 Å². The van der Waals surface area contributed by atoms with E-state index in [1.165, 1.54) is 24.3 Å². The minimum Gasteiger partial charge on any atom is -0.468 e. The molecule has 0 bridgehead atoms. The molecule has 0 aromatic heterocycles. The minimum atomic E-state index is -4.11. The second kappa shape index (κ2) is 15.6. The predicted molar refractivity (Wildman–Crippen MR) is 159 cm³/mol. The first kappa shape index (κ1) is 33.5. The van der Waals surface area contributed by atoms with E-state index in [0.717, 1.165) is 21.3 Å². The van der Waals surface area contributed by atoms with Crippen molar-refractivity contribution in [3.05, 3.63) is 108 Å². The SMILES string of the molecule is COC(=O)C(C[C@H]1O[C@H](COC(=O)c2ccccc2)[C@@H](OC(=O)c2ccccc2)[C@@H]1OC(=O)c1ccccc1)P(=O)(OC)OC.